The van der Waals surface area contributed by atoms with Gasteiger partial charge in [0.2, 0.25) is 12.0 Å². The van der Waals surface area contributed by atoms with Gasteiger partial charge in [0.1, 0.15) is 11.6 Å². The fourth-order valence-electron chi connectivity index (χ4n) is 3.77. The molecule has 0 spiro atoms. The van der Waals surface area contributed by atoms with Crippen LogP contribution in [0.3, 0.4) is 0 Å². The van der Waals surface area contributed by atoms with E-state index >= 15 is 0 Å². The molecule has 1 aliphatic rings. The first-order valence-corrected chi connectivity index (χ1v) is 10.7. The van der Waals surface area contributed by atoms with Crippen molar-refractivity contribution < 1.29 is 23.5 Å². The van der Waals surface area contributed by atoms with Gasteiger partial charge in [-0.15, -0.1) is 0 Å². The topological polar surface area (TPSA) is 79.0 Å². The van der Waals surface area contributed by atoms with E-state index in [1.807, 2.05) is 6.92 Å². The first-order chi connectivity index (χ1) is 15.7. The summed E-state index contributed by atoms with van der Waals surface area (Å²) < 4.78 is 20.4. The van der Waals surface area contributed by atoms with Crippen molar-refractivity contribution >= 4 is 17.7 Å². The number of nitrogens with one attached hydrogen (secondary N) is 1. The molecule has 174 valence electrons. The van der Waals surface area contributed by atoms with E-state index in [1.54, 1.807) is 53.1 Å². The normalized spacial score (nSPS) is 16.7. The number of piperazine rings is 1. The second kappa shape index (κ2) is 10.3. The van der Waals surface area contributed by atoms with E-state index in [1.165, 1.54) is 19.2 Å². The third kappa shape index (κ3) is 5.39. The van der Waals surface area contributed by atoms with Crippen molar-refractivity contribution in [2.75, 3.05) is 26.7 Å². The number of amides is 3. The monoisotopic (exact) mass is 453 g/mol. The lowest BCUT2D eigenvalue weighted by Crippen LogP contribution is -2.56. The Labute approximate surface area is 192 Å². The third-order valence-electron chi connectivity index (χ3n) is 5.72. The lowest BCUT2D eigenvalue weighted by molar-refractivity contribution is -0.145. The average Bonchev–Trinajstić information content (AvgIpc) is 2.83. The minimum atomic E-state index is -1.08. The maximum atomic E-state index is 14.3. The predicted octanol–water partition coefficient (Wildman–Crippen LogP) is 2.86. The van der Waals surface area contributed by atoms with Crippen LogP contribution in [0, 0.1) is 12.7 Å². The van der Waals surface area contributed by atoms with Crippen molar-refractivity contribution in [1.82, 2.24) is 15.1 Å². The largest absolute Gasteiger partial charge is 0.476 e. The number of halogens is 1. The van der Waals surface area contributed by atoms with Gasteiger partial charge < -0.3 is 19.9 Å². The molecule has 33 heavy (non-hydrogen) atoms. The van der Waals surface area contributed by atoms with Crippen molar-refractivity contribution in [3.8, 4) is 5.75 Å². The number of aryl methyl sites for hydroxylation is 1. The SMILES string of the molecule is C=CC(=O)N1CCN(C(=O)[C@H](Oc2ccc(C(=O)NC)cc2)c2ccc(C)c(F)c2)C[C@H]1C. The smallest absolute Gasteiger partial charge is 0.268 e. The number of hydrogen-bond acceptors (Lipinski definition) is 4. The lowest BCUT2D eigenvalue weighted by atomic mass is 10.0. The second-order valence-corrected chi connectivity index (χ2v) is 7.98. The van der Waals surface area contributed by atoms with Crippen LogP contribution in [0.4, 0.5) is 4.39 Å². The molecular formula is C25H28FN3O4. The van der Waals surface area contributed by atoms with Gasteiger partial charge in [-0.2, -0.15) is 0 Å². The quantitative estimate of drug-likeness (QED) is 0.683. The maximum absolute atomic E-state index is 14.3. The summed E-state index contributed by atoms with van der Waals surface area (Å²) in [6, 6.07) is 10.7. The van der Waals surface area contributed by atoms with Crippen LogP contribution >= 0.6 is 0 Å². The van der Waals surface area contributed by atoms with E-state index < -0.39 is 11.9 Å². The number of rotatable bonds is 6. The summed E-state index contributed by atoms with van der Waals surface area (Å²) in [7, 11) is 1.54. The van der Waals surface area contributed by atoms with Crippen molar-refractivity contribution in [2.24, 2.45) is 0 Å². The first-order valence-electron chi connectivity index (χ1n) is 10.7. The molecule has 0 aromatic heterocycles. The molecule has 7 nitrogen and oxygen atoms in total. The van der Waals surface area contributed by atoms with Gasteiger partial charge in [0.05, 0.1) is 0 Å². The standard InChI is InChI=1S/C25H28FN3O4/c1-5-22(30)29-13-12-28(15-17(29)3)25(32)23(19-7-6-16(2)21(26)14-19)33-20-10-8-18(9-11-20)24(31)27-4/h5-11,14,17,23H,1,12-13,15H2,2-4H3,(H,27,31)/t17-,23-/m1/s1. The molecule has 1 fully saturated rings. The Kier molecular flexibility index (Phi) is 7.48. The summed E-state index contributed by atoms with van der Waals surface area (Å²) in [5.74, 6) is -0.810. The highest BCUT2D eigenvalue weighted by Crippen LogP contribution is 2.27. The van der Waals surface area contributed by atoms with E-state index in [4.69, 9.17) is 4.74 Å². The van der Waals surface area contributed by atoms with Crippen LogP contribution in [-0.2, 0) is 9.59 Å². The van der Waals surface area contributed by atoms with Gasteiger partial charge in [-0.3, -0.25) is 14.4 Å². The zero-order chi connectivity index (χ0) is 24.1. The van der Waals surface area contributed by atoms with Crippen LogP contribution in [-0.4, -0.2) is 60.2 Å². The van der Waals surface area contributed by atoms with Crippen molar-refractivity contribution in [1.29, 1.82) is 0 Å². The van der Waals surface area contributed by atoms with E-state index in [0.29, 0.717) is 42.1 Å². The molecule has 0 saturated carbocycles. The Balaban J connectivity index is 1.86. The number of carbonyl (C=O) groups is 3. The van der Waals surface area contributed by atoms with Crippen molar-refractivity contribution in [2.45, 2.75) is 26.0 Å². The Morgan fingerprint density at radius 1 is 1.18 bits per heavy atom. The van der Waals surface area contributed by atoms with Gasteiger partial charge in [0, 0.05) is 43.9 Å². The molecule has 1 aliphatic heterocycles. The maximum Gasteiger partial charge on any atom is 0.268 e. The number of hydrogen-bond donors (Lipinski definition) is 1. The molecule has 2 aromatic carbocycles. The number of benzene rings is 2. The molecule has 0 radical (unpaired) electrons. The molecule has 0 unspecified atom stereocenters. The van der Waals surface area contributed by atoms with Crippen LogP contribution in [0.2, 0.25) is 0 Å². The summed E-state index contributed by atoms with van der Waals surface area (Å²) in [4.78, 5) is 40.6. The van der Waals surface area contributed by atoms with E-state index in [9.17, 15) is 18.8 Å². The molecule has 8 heteroatoms. The number of carbonyl (C=O) groups excluding carboxylic acids is 3. The predicted molar refractivity (Wildman–Crippen MR) is 122 cm³/mol. The molecular weight excluding hydrogens is 425 g/mol. The van der Waals surface area contributed by atoms with E-state index in [2.05, 4.69) is 11.9 Å². The van der Waals surface area contributed by atoms with Crippen LogP contribution < -0.4 is 10.1 Å². The molecule has 0 bridgehead atoms. The van der Waals surface area contributed by atoms with Crippen molar-refractivity contribution in [3.63, 3.8) is 0 Å². The van der Waals surface area contributed by atoms with Crippen LogP contribution in [0.1, 0.15) is 34.5 Å². The average molecular weight is 454 g/mol. The number of nitrogens with zero attached hydrogens (tertiary/aromatic N) is 2. The Morgan fingerprint density at radius 3 is 2.45 bits per heavy atom. The van der Waals surface area contributed by atoms with Crippen LogP contribution in [0.25, 0.3) is 0 Å². The molecule has 1 heterocycles. The van der Waals surface area contributed by atoms with Gasteiger partial charge in [0.25, 0.3) is 11.8 Å². The van der Waals surface area contributed by atoms with Crippen LogP contribution in [0.15, 0.2) is 55.1 Å². The summed E-state index contributed by atoms with van der Waals surface area (Å²) in [6.07, 6.45) is 0.178. The molecule has 1 saturated heterocycles. The summed E-state index contributed by atoms with van der Waals surface area (Å²) in [5, 5.41) is 2.54. The van der Waals surface area contributed by atoms with Gasteiger partial charge in [-0.1, -0.05) is 18.7 Å². The molecule has 3 amide bonds. The molecule has 3 rings (SSSR count). The van der Waals surface area contributed by atoms with E-state index in [0.717, 1.165) is 0 Å². The van der Waals surface area contributed by atoms with Gasteiger partial charge >= 0.3 is 0 Å². The van der Waals surface area contributed by atoms with Gasteiger partial charge in [-0.05, 0) is 55.8 Å². The fraction of sp³-hybridized carbons (Fsp3) is 0.320. The summed E-state index contributed by atoms with van der Waals surface area (Å²) >= 11 is 0. The van der Waals surface area contributed by atoms with Gasteiger partial charge in [0.15, 0.2) is 0 Å². The molecule has 2 atom stereocenters. The second-order valence-electron chi connectivity index (χ2n) is 7.98. The van der Waals surface area contributed by atoms with Crippen molar-refractivity contribution in [3.05, 3.63) is 77.6 Å². The molecule has 1 N–H and O–H groups in total. The number of ether oxygens (including phenoxy) is 1. The van der Waals surface area contributed by atoms with E-state index in [-0.39, 0.29) is 23.8 Å². The van der Waals surface area contributed by atoms with Crippen LogP contribution in [0.5, 0.6) is 5.75 Å². The Hall–Kier alpha value is -3.68. The Morgan fingerprint density at radius 2 is 1.88 bits per heavy atom. The minimum absolute atomic E-state index is 0.181. The summed E-state index contributed by atoms with van der Waals surface area (Å²) in [5.41, 5.74) is 1.30. The highest BCUT2D eigenvalue weighted by atomic mass is 19.1. The first kappa shape index (κ1) is 24.0. The Bertz CT molecular complexity index is 1050. The zero-order valence-corrected chi connectivity index (χ0v) is 19.0. The summed E-state index contributed by atoms with van der Waals surface area (Å²) in [6.45, 7) is 8.05. The third-order valence-corrected chi connectivity index (χ3v) is 5.72. The zero-order valence-electron chi connectivity index (χ0n) is 19.0. The van der Waals surface area contributed by atoms with Gasteiger partial charge in [-0.25, -0.2) is 4.39 Å². The fourth-order valence-corrected chi connectivity index (χ4v) is 3.77. The highest BCUT2D eigenvalue weighted by molar-refractivity contribution is 5.94. The minimum Gasteiger partial charge on any atom is -0.476 e. The lowest BCUT2D eigenvalue weighted by Gasteiger charge is -2.40. The molecule has 2 aromatic rings. The highest BCUT2D eigenvalue weighted by Gasteiger charge is 2.34. The molecule has 0 aliphatic carbocycles.